The number of hydrogen-bond donors (Lipinski definition) is 2. The van der Waals surface area contributed by atoms with Crippen LogP contribution < -0.4 is 5.56 Å². The number of benzene rings is 1. The molecule has 2 heterocycles. The molecule has 4 nitrogen and oxygen atoms in total. The second-order valence-corrected chi connectivity index (χ2v) is 3.41. The summed E-state index contributed by atoms with van der Waals surface area (Å²) in [5, 5.41) is 5.44. The third-order valence-electron chi connectivity index (χ3n) is 2.44. The SMILES string of the molecule is O=c1[nH][nH]c2c1cnc1c(F)cc(F)cc12. The van der Waals surface area contributed by atoms with Crippen LogP contribution in [-0.2, 0) is 0 Å². The molecule has 0 unspecified atom stereocenters. The summed E-state index contributed by atoms with van der Waals surface area (Å²) in [6.07, 6.45) is 1.26. The molecule has 3 rings (SSSR count). The zero-order chi connectivity index (χ0) is 11.3. The molecule has 0 saturated carbocycles. The summed E-state index contributed by atoms with van der Waals surface area (Å²) in [5.41, 5.74) is 0.0200. The van der Waals surface area contributed by atoms with Crippen molar-refractivity contribution in [1.29, 1.82) is 0 Å². The Morgan fingerprint density at radius 1 is 1.12 bits per heavy atom. The smallest absolute Gasteiger partial charge is 0.273 e. The molecule has 0 spiro atoms. The molecule has 16 heavy (non-hydrogen) atoms. The predicted molar refractivity (Wildman–Crippen MR) is 54.1 cm³/mol. The zero-order valence-corrected chi connectivity index (χ0v) is 7.84. The molecular formula is C10H5F2N3O. The first kappa shape index (κ1) is 9.02. The van der Waals surface area contributed by atoms with Crippen LogP contribution in [0.25, 0.3) is 21.8 Å². The number of hydrogen-bond acceptors (Lipinski definition) is 2. The standard InChI is InChI=1S/C10H5F2N3O/c11-4-1-5-8-6(10(16)15-14-8)3-13-9(5)7(12)2-4/h1-3H,(H2,14,15,16). The number of rotatable bonds is 0. The number of nitrogens with zero attached hydrogens (tertiary/aromatic N) is 1. The van der Waals surface area contributed by atoms with Crippen LogP contribution in [0.2, 0.25) is 0 Å². The van der Waals surface area contributed by atoms with Crippen molar-refractivity contribution >= 4 is 21.8 Å². The maximum atomic E-state index is 13.4. The largest absolute Gasteiger partial charge is 0.297 e. The van der Waals surface area contributed by atoms with E-state index in [9.17, 15) is 13.6 Å². The van der Waals surface area contributed by atoms with Gasteiger partial charge in [0.25, 0.3) is 5.56 Å². The monoisotopic (exact) mass is 221 g/mol. The summed E-state index contributed by atoms with van der Waals surface area (Å²) >= 11 is 0. The number of aromatic amines is 2. The lowest BCUT2D eigenvalue weighted by molar-refractivity contribution is 0.590. The van der Waals surface area contributed by atoms with Gasteiger partial charge >= 0.3 is 0 Å². The maximum Gasteiger partial charge on any atom is 0.273 e. The molecule has 0 atom stereocenters. The van der Waals surface area contributed by atoms with Gasteiger partial charge in [-0.15, -0.1) is 0 Å². The average Bonchev–Trinajstić information content (AvgIpc) is 2.60. The average molecular weight is 221 g/mol. The second-order valence-electron chi connectivity index (χ2n) is 3.41. The number of halogens is 2. The molecule has 2 N–H and O–H groups in total. The molecular weight excluding hydrogens is 216 g/mol. The first-order valence-corrected chi connectivity index (χ1v) is 4.51. The molecule has 3 aromatic rings. The van der Waals surface area contributed by atoms with Crippen LogP contribution in [0.3, 0.4) is 0 Å². The van der Waals surface area contributed by atoms with Crippen molar-refractivity contribution in [2.75, 3.05) is 0 Å². The second kappa shape index (κ2) is 2.88. The third kappa shape index (κ3) is 1.06. The van der Waals surface area contributed by atoms with E-state index in [2.05, 4.69) is 15.2 Å². The quantitative estimate of drug-likeness (QED) is 0.606. The molecule has 0 amide bonds. The molecule has 0 aliphatic heterocycles. The van der Waals surface area contributed by atoms with Crippen LogP contribution in [-0.4, -0.2) is 15.2 Å². The van der Waals surface area contributed by atoms with Crippen molar-refractivity contribution in [3.8, 4) is 0 Å². The lowest BCUT2D eigenvalue weighted by atomic mass is 10.1. The van der Waals surface area contributed by atoms with Gasteiger partial charge in [-0.1, -0.05) is 0 Å². The van der Waals surface area contributed by atoms with E-state index in [0.29, 0.717) is 5.52 Å². The van der Waals surface area contributed by atoms with Crippen LogP contribution in [0.15, 0.2) is 23.1 Å². The zero-order valence-electron chi connectivity index (χ0n) is 7.84. The summed E-state index contributed by atoms with van der Waals surface area (Å²) in [6, 6.07) is 1.89. The summed E-state index contributed by atoms with van der Waals surface area (Å²) in [4.78, 5) is 15.1. The maximum absolute atomic E-state index is 13.4. The van der Waals surface area contributed by atoms with Crippen LogP contribution in [0.4, 0.5) is 8.78 Å². The highest BCUT2D eigenvalue weighted by Crippen LogP contribution is 2.22. The normalized spacial score (nSPS) is 11.4. The van der Waals surface area contributed by atoms with Crippen molar-refractivity contribution in [2.45, 2.75) is 0 Å². The van der Waals surface area contributed by atoms with E-state index in [1.807, 2.05) is 0 Å². The van der Waals surface area contributed by atoms with Crippen LogP contribution in [0.5, 0.6) is 0 Å². The fourth-order valence-electron chi connectivity index (χ4n) is 1.72. The number of nitrogens with one attached hydrogen (secondary N) is 2. The summed E-state index contributed by atoms with van der Waals surface area (Å²) in [7, 11) is 0. The molecule has 1 aromatic carbocycles. The highest BCUT2D eigenvalue weighted by molar-refractivity contribution is 6.02. The van der Waals surface area contributed by atoms with E-state index >= 15 is 0 Å². The third-order valence-corrected chi connectivity index (χ3v) is 2.44. The van der Waals surface area contributed by atoms with Crippen molar-refractivity contribution in [2.24, 2.45) is 0 Å². The fourth-order valence-corrected chi connectivity index (χ4v) is 1.72. The topological polar surface area (TPSA) is 61.5 Å². The number of fused-ring (bicyclic) bond motifs is 3. The van der Waals surface area contributed by atoms with Gasteiger partial charge in [0.2, 0.25) is 0 Å². The minimum absolute atomic E-state index is 0.0316. The van der Waals surface area contributed by atoms with Gasteiger partial charge in [-0.3, -0.25) is 20.0 Å². The Kier molecular flexibility index (Phi) is 1.62. The van der Waals surface area contributed by atoms with Gasteiger partial charge in [0.15, 0.2) is 5.82 Å². The molecule has 2 aromatic heterocycles. The highest BCUT2D eigenvalue weighted by Gasteiger charge is 2.11. The van der Waals surface area contributed by atoms with E-state index in [1.54, 1.807) is 0 Å². The van der Waals surface area contributed by atoms with Gasteiger partial charge < -0.3 is 0 Å². The summed E-state index contributed by atoms with van der Waals surface area (Å²) < 4.78 is 26.4. The van der Waals surface area contributed by atoms with Crippen molar-refractivity contribution < 1.29 is 8.78 Å². The Morgan fingerprint density at radius 2 is 1.94 bits per heavy atom. The van der Waals surface area contributed by atoms with Crippen molar-refractivity contribution in [3.63, 3.8) is 0 Å². The minimum Gasteiger partial charge on any atom is -0.297 e. The Bertz CT molecular complexity index is 760. The Hall–Kier alpha value is -2.24. The Morgan fingerprint density at radius 3 is 2.75 bits per heavy atom. The highest BCUT2D eigenvalue weighted by atomic mass is 19.1. The fraction of sp³-hybridized carbons (Fsp3) is 0. The first-order valence-electron chi connectivity index (χ1n) is 4.51. The first-order chi connectivity index (χ1) is 7.66. The van der Waals surface area contributed by atoms with Gasteiger partial charge in [-0.05, 0) is 6.07 Å². The molecule has 0 radical (unpaired) electrons. The van der Waals surface area contributed by atoms with Gasteiger partial charge in [0, 0.05) is 17.6 Å². The van der Waals surface area contributed by atoms with Gasteiger partial charge in [0.1, 0.15) is 11.3 Å². The molecule has 0 aliphatic rings. The number of H-pyrrole nitrogens is 2. The lowest BCUT2D eigenvalue weighted by Crippen LogP contribution is -1.97. The van der Waals surface area contributed by atoms with E-state index in [-0.39, 0.29) is 21.8 Å². The minimum atomic E-state index is -0.751. The van der Waals surface area contributed by atoms with Gasteiger partial charge in [0.05, 0.1) is 10.9 Å². The molecule has 6 heteroatoms. The van der Waals surface area contributed by atoms with E-state index < -0.39 is 11.6 Å². The van der Waals surface area contributed by atoms with Crippen molar-refractivity contribution in [1.82, 2.24) is 15.2 Å². The molecule has 0 aliphatic carbocycles. The van der Waals surface area contributed by atoms with E-state index in [4.69, 9.17) is 0 Å². The molecule has 0 saturated heterocycles. The van der Waals surface area contributed by atoms with Crippen LogP contribution in [0, 0.1) is 11.6 Å². The van der Waals surface area contributed by atoms with Crippen LogP contribution in [0.1, 0.15) is 0 Å². The number of aromatic nitrogens is 3. The summed E-state index contributed by atoms with van der Waals surface area (Å²) in [6.45, 7) is 0. The van der Waals surface area contributed by atoms with E-state index in [0.717, 1.165) is 12.1 Å². The predicted octanol–water partition coefficient (Wildman–Crippen LogP) is 1.68. The molecule has 80 valence electrons. The van der Waals surface area contributed by atoms with E-state index in [1.165, 1.54) is 6.20 Å². The Balaban J connectivity index is 2.65. The van der Waals surface area contributed by atoms with Gasteiger partial charge in [-0.25, -0.2) is 8.78 Å². The van der Waals surface area contributed by atoms with Gasteiger partial charge in [-0.2, -0.15) is 0 Å². The van der Waals surface area contributed by atoms with Crippen LogP contribution >= 0.6 is 0 Å². The number of pyridine rings is 1. The van der Waals surface area contributed by atoms with Crippen molar-refractivity contribution in [3.05, 3.63) is 40.3 Å². The molecule has 0 fully saturated rings. The Labute approximate surface area is 86.9 Å². The summed E-state index contributed by atoms with van der Waals surface area (Å²) in [5.74, 6) is -1.46. The lowest BCUT2D eigenvalue weighted by Gasteiger charge is -1.99. The molecule has 0 bridgehead atoms.